The van der Waals surface area contributed by atoms with Crippen molar-refractivity contribution in [1.82, 2.24) is 0 Å². The van der Waals surface area contributed by atoms with E-state index in [-0.39, 0.29) is 17.2 Å². The fraction of sp³-hybridized carbons (Fsp3) is 0.429. The maximum absolute atomic E-state index is 10.6. The van der Waals surface area contributed by atoms with Crippen molar-refractivity contribution in [2.24, 2.45) is 0 Å². The van der Waals surface area contributed by atoms with Gasteiger partial charge < -0.3 is 14.3 Å². The van der Waals surface area contributed by atoms with Gasteiger partial charge in [-0.2, -0.15) is 0 Å². The molecule has 0 aromatic heterocycles. The van der Waals surface area contributed by atoms with Gasteiger partial charge in [0.1, 0.15) is 12.2 Å². The summed E-state index contributed by atoms with van der Waals surface area (Å²) in [5, 5.41) is 12.9. The first kappa shape index (κ1) is 20.0. The Balaban J connectivity index is 2.18. The highest BCUT2D eigenvalue weighted by Gasteiger charge is 2.54. The summed E-state index contributed by atoms with van der Waals surface area (Å²) >= 11 is 2.32. The largest absolute Gasteiger partial charge is 0.399 e. The lowest BCUT2D eigenvalue weighted by Gasteiger charge is -2.45. The van der Waals surface area contributed by atoms with Crippen molar-refractivity contribution in [3.63, 3.8) is 0 Å². The lowest BCUT2D eigenvalue weighted by molar-refractivity contribution is 0.0463. The predicted molar refractivity (Wildman–Crippen MR) is 117 cm³/mol. The first-order valence-electron chi connectivity index (χ1n) is 9.04. The number of benzene rings is 2. The summed E-state index contributed by atoms with van der Waals surface area (Å²) in [6, 6.07) is 21.1. The summed E-state index contributed by atoms with van der Waals surface area (Å²) in [5.41, 5.74) is 0. The van der Waals surface area contributed by atoms with E-state index in [1.54, 1.807) is 0 Å². The van der Waals surface area contributed by atoms with Crippen LogP contribution in [0.4, 0.5) is 0 Å². The highest BCUT2D eigenvalue weighted by atomic mass is 127. The zero-order chi connectivity index (χ0) is 18.8. The van der Waals surface area contributed by atoms with E-state index in [4.69, 9.17) is 9.16 Å². The topological polar surface area (TPSA) is 38.7 Å². The Bertz CT molecular complexity index is 663. The monoisotopic (exact) mass is 482 g/mol. The second kappa shape index (κ2) is 8.10. The smallest absolute Gasteiger partial charge is 0.261 e. The summed E-state index contributed by atoms with van der Waals surface area (Å²) in [4.78, 5) is 0. The number of alkyl halides is 1. The van der Waals surface area contributed by atoms with Gasteiger partial charge in [-0.15, -0.1) is 0 Å². The number of rotatable bonds is 5. The first-order chi connectivity index (χ1) is 12.4. The molecule has 1 aliphatic heterocycles. The van der Waals surface area contributed by atoms with Crippen molar-refractivity contribution < 1.29 is 14.3 Å². The number of ether oxygens (including phenoxy) is 1. The molecule has 0 bridgehead atoms. The summed E-state index contributed by atoms with van der Waals surface area (Å²) in [7, 11) is -2.66. The van der Waals surface area contributed by atoms with Crippen LogP contribution in [0.5, 0.6) is 0 Å². The van der Waals surface area contributed by atoms with Crippen LogP contribution in [0, 0.1) is 0 Å². The van der Waals surface area contributed by atoms with E-state index in [1.165, 1.54) is 10.4 Å². The van der Waals surface area contributed by atoms with E-state index in [1.807, 2.05) is 12.1 Å². The van der Waals surface area contributed by atoms with Crippen LogP contribution in [-0.4, -0.2) is 42.8 Å². The average molecular weight is 482 g/mol. The second-order valence-corrected chi connectivity index (χ2v) is 13.0. The molecule has 1 heterocycles. The molecule has 0 unspecified atom stereocenters. The van der Waals surface area contributed by atoms with Gasteiger partial charge >= 0.3 is 0 Å². The van der Waals surface area contributed by atoms with Gasteiger partial charge in [0.25, 0.3) is 8.32 Å². The van der Waals surface area contributed by atoms with Crippen molar-refractivity contribution in [2.45, 2.75) is 44.1 Å². The van der Waals surface area contributed by atoms with Gasteiger partial charge in [0.15, 0.2) is 0 Å². The molecule has 5 heteroatoms. The van der Waals surface area contributed by atoms with Gasteiger partial charge in [-0.1, -0.05) is 104 Å². The van der Waals surface area contributed by atoms with Crippen LogP contribution in [0.2, 0.25) is 5.04 Å². The lowest BCUT2D eigenvalue weighted by atomic mass is 10.2. The summed E-state index contributed by atoms with van der Waals surface area (Å²) in [6.07, 6.45) is -0.970. The highest BCUT2D eigenvalue weighted by molar-refractivity contribution is 14.1. The van der Waals surface area contributed by atoms with Gasteiger partial charge in [-0.25, -0.2) is 0 Å². The number of hydrogen-bond donors (Lipinski definition) is 1. The van der Waals surface area contributed by atoms with E-state index in [9.17, 15) is 5.11 Å². The van der Waals surface area contributed by atoms with Crippen LogP contribution in [0.3, 0.4) is 0 Å². The molecule has 0 spiro atoms. The quantitative estimate of drug-likeness (QED) is 0.405. The molecule has 1 saturated heterocycles. The van der Waals surface area contributed by atoms with Gasteiger partial charge in [-0.05, 0) is 15.4 Å². The fourth-order valence-electron chi connectivity index (χ4n) is 3.84. The Morgan fingerprint density at radius 2 is 1.54 bits per heavy atom. The van der Waals surface area contributed by atoms with Crippen LogP contribution in [-0.2, 0) is 9.16 Å². The standard InChI is InChI=1S/C21H27IO3Si/c1-21(2,3)26(16-10-6-4-7-11-16,17-12-8-5-9-13-17)25-20-18(23)15-24-19(20)14-22/h4-13,18-20,23H,14-15H2,1-3H3/t18-,19-,20+/m1/s1. The summed E-state index contributed by atoms with van der Waals surface area (Å²) < 4.78 is 13.6. The van der Waals surface area contributed by atoms with Gasteiger partial charge in [0.05, 0.1) is 12.7 Å². The maximum Gasteiger partial charge on any atom is 0.261 e. The molecule has 2 aromatic carbocycles. The Morgan fingerprint density at radius 1 is 1.04 bits per heavy atom. The third kappa shape index (κ3) is 3.64. The molecule has 1 aliphatic rings. The molecule has 1 fully saturated rings. The minimum atomic E-state index is -2.66. The SMILES string of the molecule is CC(C)(C)[Si](O[C@H]1[C@H](O)CO[C@@H]1CI)(c1ccccc1)c1ccccc1. The maximum atomic E-state index is 10.6. The molecule has 0 saturated carbocycles. The Morgan fingerprint density at radius 3 is 1.96 bits per heavy atom. The average Bonchev–Trinajstić information content (AvgIpc) is 2.99. The molecule has 3 rings (SSSR count). The molecule has 3 nitrogen and oxygen atoms in total. The van der Waals surface area contributed by atoms with Crippen molar-refractivity contribution in [3.8, 4) is 0 Å². The van der Waals surface area contributed by atoms with Crippen molar-refractivity contribution >= 4 is 41.3 Å². The predicted octanol–water partition coefficient (Wildman–Crippen LogP) is 3.13. The van der Waals surface area contributed by atoms with Crippen molar-refractivity contribution in [2.75, 3.05) is 11.0 Å². The van der Waals surface area contributed by atoms with Crippen LogP contribution in [0.25, 0.3) is 0 Å². The van der Waals surface area contributed by atoms with Crippen LogP contribution in [0.15, 0.2) is 60.7 Å². The van der Waals surface area contributed by atoms with Gasteiger partial charge in [-0.3, -0.25) is 0 Å². The highest BCUT2D eigenvalue weighted by Crippen LogP contribution is 2.39. The van der Waals surface area contributed by atoms with Crippen LogP contribution < -0.4 is 10.4 Å². The summed E-state index contributed by atoms with van der Waals surface area (Å²) in [6.45, 7) is 7.10. The molecule has 0 amide bonds. The number of hydrogen-bond acceptors (Lipinski definition) is 3. The van der Waals surface area contributed by atoms with Crippen molar-refractivity contribution in [1.29, 1.82) is 0 Å². The first-order valence-corrected chi connectivity index (χ1v) is 12.5. The molecule has 0 radical (unpaired) electrons. The Hall–Kier alpha value is -0.733. The molecule has 3 atom stereocenters. The van der Waals surface area contributed by atoms with Gasteiger partial charge in [0.2, 0.25) is 0 Å². The normalized spacial score (nSPS) is 24.0. The van der Waals surface area contributed by atoms with E-state index in [2.05, 4.69) is 91.9 Å². The molecule has 2 aromatic rings. The van der Waals surface area contributed by atoms with Crippen LogP contribution >= 0.6 is 22.6 Å². The Labute approximate surface area is 171 Å². The minimum Gasteiger partial charge on any atom is -0.399 e. The molecular formula is C21H27IO3Si. The van der Waals surface area contributed by atoms with Gasteiger partial charge in [0, 0.05) is 4.43 Å². The Kier molecular flexibility index (Phi) is 6.24. The zero-order valence-electron chi connectivity index (χ0n) is 15.6. The number of aliphatic hydroxyl groups excluding tert-OH is 1. The summed E-state index contributed by atoms with van der Waals surface area (Å²) in [5.74, 6) is 0. The van der Waals surface area contributed by atoms with E-state index in [0.717, 1.165) is 4.43 Å². The van der Waals surface area contributed by atoms with E-state index >= 15 is 0 Å². The van der Waals surface area contributed by atoms with Crippen LogP contribution in [0.1, 0.15) is 20.8 Å². The fourth-order valence-corrected chi connectivity index (χ4v) is 9.33. The van der Waals surface area contributed by atoms with E-state index < -0.39 is 14.4 Å². The third-order valence-corrected chi connectivity index (χ3v) is 11.0. The van der Waals surface area contributed by atoms with Crippen molar-refractivity contribution in [3.05, 3.63) is 60.7 Å². The zero-order valence-corrected chi connectivity index (χ0v) is 18.7. The molecule has 1 N–H and O–H groups in total. The molecule has 26 heavy (non-hydrogen) atoms. The number of halogens is 1. The second-order valence-electron chi connectivity index (χ2n) is 7.84. The molecular weight excluding hydrogens is 455 g/mol. The molecule has 0 aliphatic carbocycles. The number of aliphatic hydroxyl groups is 1. The third-order valence-electron chi connectivity index (χ3n) is 5.11. The minimum absolute atomic E-state index is 0.0766. The lowest BCUT2D eigenvalue weighted by Crippen LogP contribution is -2.69. The molecule has 140 valence electrons. The van der Waals surface area contributed by atoms with E-state index in [0.29, 0.717) is 6.61 Å².